The van der Waals surface area contributed by atoms with Crippen LogP contribution in [0, 0.1) is 5.92 Å². The van der Waals surface area contributed by atoms with Crippen molar-refractivity contribution in [2.75, 3.05) is 31.3 Å². The van der Waals surface area contributed by atoms with E-state index in [1.807, 2.05) is 18.2 Å². The number of hydrogen-bond acceptors (Lipinski definition) is 5. The van der Waals surface area contributed by atoms with Crippen LogP contribution in [-0.2, 0) is 11.2 Å². The fourth-order valence-electron chi connectivity index (χ4n) is 3.44. The number of halogens is 1. The first-order valence-electron chi connectivity index (χ1n) is 9.07. The molecule has 1 aromatic carbocycles. The first-order chi connectivity index (χ1) is 12.2. The first kappa shape index (κ1) is 18.8. The number of nitrogens with two attached hydrogens (primary N) is 1. The summed E-state index contributed by atoms with van der Waals surface area (Å²) in [4.78, 5) is 14.1. The summed E-state index contributed by atoms with van der Waals surface area (Å²) in [5.74, 6) is 0.567. The molecule has 0 radical (unpaired) electrons. The Morgan fingerprint density at radius 1 is 1.42 bits per heavy atom. The highest BCUT2D eigenvalue weighted by atomic mass is 19.1. The molecule has 6 nitrogen and oxygen atoms in total. The van der Waals surface area contributed by atoms with Gasteiger partial charge in [0.25, 0.3) is 0 Å². The lowest BCUT2D eigenvalue weighted by molar-refractivity contribution is 0.0494. The molecule has 1 fully saturated rings. The number of benzene rings is 1. The third-order valence-corrected chi connectivity index (χ3v) is 4.69. The Morgan fingerprint density at radius 2 is 2.19 bits per heavy atom. The van der Waals surface area contributed by atoms with Gasteiger partial charge in [-0.05, 0) is 38.8 Å². The minimum Gasteiger partial charge on any atom is -0.492 e. The second kappa shape index (κ2) is 7.31. The minimum atomic E-state index is -0.579. The van der Waals surface area contributed by atoms with Gasteiger partial charge in [0.15, 0.2) is 0 Å². The lowest BCUT2D eigenvalue weighted by Gasteiger charge is -2.25. The summed E-state index contributed by atoms with van der Waals surface area (Å²) >= 11 is 0. The van der Waals surface area contributed by atoms with E-state index in [0.29, 0.717) is 19.7 Å². The van der Waals surface area contributed by atoms with Crippen LogP contribution in [0.3, 0.4) is 0 Å². The molecule has 0 spiro atoms. The van der Waals surface area contributed by atoms with Crippen molar-refractivity contribution >= 4 is 11.8 Å². The number of carbonyl (C=O) groups excluding carboxylic acids is 1. The Labute approximate surface area is 153 Å². The van der Waals surface area contributed by atoms with Gasteiger partial charge in [-0.3, -0.25) is 4.39 Å². The number of carbonyl (C=O) groups is 1. The molecule has 2 aliphatic rings. The average Bonchev–Trinajstić information content (AvgIpc) is 2.95. The number of rotatable bonds is 3. The predicted molar refractivity (Wildman–Crippen MR) is 98.5 cm³/mol. The molecule has 1 amide bonds. The normalized spacial score (nSPS) is 25.4. The number of hydrogen-bond donors (Lipinski definition) is 2. The molecule has 3 rings (SSSR count). The van der Waals surface area contributed by atoms with Crippen molar-refractivity contribution in [3.8, 4) is 5.75 Å². The fourth-order valence-corrected chi connectivity index (χ4v) is 3.44. The number of alkyl halides is 1. The van der Waals surface area contributed by atoms with Crippen LogP contribution < -0.4 is 20.7 Å². The van der Waals surface area contributed by atoms with E-state index >= 15 is 0 Å². The monoisotopic (exact) mass is 365 g/mol. The van der Waals surface area contributed by atoms with E-state index in [1.54, 1.807) is 20.8 Å². The number of ether oxygens (including phenoxy) is 2. The highest BCUT2D eigenvalue weighted by molar-refractivity contribution is 5.68. The van der Waals surface area contributed by atoms with Crippen molar-refractivity contribution in [2.45, 2.75) is 44.9 Å². The Morgan fingerprint density at radius 3 is 2.88 bits per heavy atom. The summed E-state index contributed by atoms with van der Waals surface area (Å²) < 4.78 is 24.5. The van der Waals surface area contributed by atoms with Gasteiger partial charge in [-0.25, -0.2) is 4.79 Å². The van der Waals surface area contributed by atoms with Crippen molar-refractivity contribution in [3.63, 3.8) is 0 Å². The van der Waals surface area contributed by atoms with E-state index in [-0.39, 0.29) is 18.0 Å². The summed E-state index contributed by atoms with van der Waals surface area (Å²) in [7, 11) is 0. The van der Waals surface area contributed by atoms with Gasteiger partial charge >= 0.3 is 6.09 Å². The van der Waals surface area contributed by atoms with Crippen LogP contribution in [0.4, 0.5) is 14.9 Å². The number of nitrogens with zero attached hydrogens (tertiary/aromatic N) is 1. The van der Waals surface area contributed by atoms with Crippen molar-refractivity contribution in [1.29, 1.82) is 0 Å². The van der Waals surface area contributed by atoms with Gasteiger partial charge in [0.05, 0.1) is 12.7 Å². The molecule has 3 atom stereocenters. The molecule has 3 N–H and O–H groups in total. The SMILES string of the molecule is CC(C)(C)OC(=O)N[C@@H]1CN(c2ccc3c(c2)OC[C@H](N)C3)C[C@@H]1CF. The van der Waals surface area contributed by atoms with Crippen molar-refractivity contribution in [2.24, 2.45) is 11.7 Å². The van der Waals surface area contributed by atoms with Gasteiger partial charge in [-0.2, -0.15) is 0 Å². The second-order valence-electron chi connectivity index (χ2n) is 8.14. The molecule has 2 heterocycles. The summed E-state index contributed by atoms with van der Waals surface area (Å²) in [5.41, 5.74) is 7.40. The van der Waals surface area contributed by atoms with Crippen LogP contribution in [0.15, 0.2) is 18.2 Å². The average molecular weight is 365 g/mol. The highest BCUT2D eigenvalue weighted by Crippen LogP contribution is 2.32. The van der Waals surface area contributed by atoms with E-state index < -0.39 is 18.4 Å². The summed E-state index contributed by atoms with van der Waals surface area (Å²) in [5, 5.41) is 2.81. The van der Waals surface area contributed by atoms with E-state index in [9.17, 15) is 9.18 Å². The number of anilines is 1. The smallest absolute Gasteiger partial charge is 0.407 e. The molecular formula is C19H28FN3O3. The van der Waals surface area contributed by atoms with E-state index in [0.717, 1.165) is 23.4 Å². The molecule has 0 saturated carbocycles. The molecule has 0 unspecified atom stereocenters. The number of fused-ring (bicyclic) bond motifs is 1. The molecular weight excluding hydrogens is 337 g/mol. The topological polar surface area (TPSA) is 76.8 Å². The zero-order valence-corrected chi connectivity index (χ0v) is 15.6. The lowest BCUT2D eigenvalue weighted by atomic mass is 10.0. The molecule has 0 aromatic heterocycles. The Balaban J connectivity index is 1.68. The third-order valence-electron chi connectivity index (χ3n) is 4.69. The van der Waals surface area contributed by atoms with Gasteiger partial charge in [0.1, 0.15) is 18.0 Å². The number of alkyl carbamates (subject to hydrolysis) is 1. The van der Waals surface area contributed by atoms with Crippen molar-refractivity contribution in [1.82, 2.24) is 5.32 Å². The Bertz CT molecular complexity index is 662. The molecule has 2 aliphatic heterocycles. The van der Waals surface area contributed by atoms with Crippen molar-refractivity contribution in [3.05, 3.63) is 23.8 Å². The largest absolute Gasteiger partial charge is 0.492 e. The third kappa shape index (κ3) is 4.38. The van der Waals surface area contributed by atoms with Gasteiger partial charge in [0, 0.05) is 36.8 Å². The summed E-state index contributed by atoms with van der Waals surface area (Å²) in [6.45, 7) is 6.50. The quantitative estimate of drug-likeness (QED) is 0.859. The maximum atomic E-state index is 13.5. The number of nitrogens with one attached hydrogen (secondary N) is 1. The predicted octanol–water partition coefficient (Wildman–Crippen LogP) is 2.25. The van der Waals surface area contributed by atoms with Gasteiger partial charge in [0.2, 0.25) is 0 Å². The Kier molecular flexibility index (Phi) is 5.27. The van der Waals surface area contributed by atoms with Crippen LogP contribution >= 0.6 is 0 Å². The van der Waals surface area contributed by atoms with Gasteiger partial charge in [-0.15, -0.1) is 0 Å². The summed E-state index contributed by atoms with van der Waals surface area (Å²) in [6.07, 6.45) is 0.288. The van der Waals surface area contributed by atoms with Gasteiger partial charge in [-0.1, -0.05) is 6.07 Å². The standard InChI is InChI=1S/C19H28FN3O3/c1-19(2,3)26-18(24)22-16-10-23(9-13(16)8-20)15-5-4-12-6-14(21)11-25-17(12)7-15/h4-5,7,13-14,16H,6,8-11,21H2,1-3H3,(H,22,24)/t13-,14+,16+/m0/s1. The van der Waals surface area contributed by atoms with Crippen LogP contribution in [0.1, 0.15) is 26.3 Å². The molecule has 0 bridgehead atoms. The molecule has 0 aliphatic carbocycles. The molecule has 1 aromatic rings. The van der Waals surface area contributed by atoms with E-state index in [2.05, 4.69) is 10.2 Å². The maximum absolute atomic E-state index is 13.5. The minimum absolute atomic E-state index is 0.0264. The van der Waals surface area contributed by atoms with Gasteiger partial charge < -0.3 is 25.4 Å². The zero-order chi connectivity index (χ0) is 18.9. The van der Waals surface area contributed by atoms with Crippen LogP contribution in [-0.4, -0.2) is 50.1 Å². The maximum Gasteiger partial charge on any atom is 0.407 e. The molecule has 26 heavy (non-hydrogen) atoms. The number of amides is 1. The van der Waals surface area contributed by atoms with Crippen LogP contribution in [0.5, 0.6) is 5.75 Å². The van der Waals surface area contributed by atoms with Crippen LogP contribution in [0.25, 0.3) is 0 Å². The van der Waals surface area contributed by atoms with Crippen LogP contribution in [0.2, 0.25) is 0 Å². The molecule has 144 valence electrons. The Hall–Kier alpha value is -2.02. The van der Waals surface area contributed by atoms with E-state index in [4.69, 9.17) is 15.2 Å². The molecule has 1 saturated heterocycles. The first-order valence-corrected chi connectivity index (χ1v) is 9.07. The lowest BCUT2D eigenvalue weighted by Crippen LogP contribution is -2.43. The second-order valence-corrected chi connectivity index (χ2v) is 8.14. The highest BCUT2D eigenvalue weighted by Gasteiger charge is 2.35. The summed E-state index contributed by atoms with van der Waals surface area (Å²) in [6, 6.07) is 5.74. The zero-order valence-electron chi connectivity index (χ0n) is 15.6. The van der Waals surface area contributed by atoms with E-state index in [1.165, 1.54) is 0 Å². The fraction of sp³-hybridized carbons (Fsp3) is 0.632. The van der Waals surface area contributed by atoms with Crippen molar-refractivity contribution < 1.29 is 18.7 Å². The molecule has 7 heteroatoms.